The molecule has 1 amide bonds. The standard InChI is InChI=1S/C25H25F2N3O/c26-22-9-2-1-7-21(22)17-28-25(31)20-8-5-6-19(16-20)18-29-12-14-30(15-13-29)24-11-4-3-10-23(24)27/h1-11,16H,12-15,17-18H2,(H,28,31). The van der Waals surface area contributed by atoms with Crippen LogP contribution in [0.1, 0.15) is 21.5 Å². The molecule has 1 aliphatic rings. The largest absolute Gasteiger partial charge is 0.367 e. The van der Waals surface area contributed by atoms with Gasteiger partial charge in [0.1, 0.15) is 11.6 Å². The number of amides is 1. The number of halogens is 2. The van der Waals surface area contributed by atoms with E-state index >= 15 is 0 Å². The van der Waals surface area contributed by atoms with Crippen molar-refractivity contribution in [2.45, 2.75) is 13.1 Å². The van der Waals surface area contributed by atoms with E-state index in [1.165, 1.54) is 12.1 Å². The third-order valence-corrected chi connectivity index (χ3v) is 5.56. The average molecular weight is 421 g/mol. The minimum Gasteiger partial charge on any atom is -0.367 e. The molecule has 1 N–H and O–H groups in total. The average Bonchev–Trinajstić information content (AvgIpc) is 2.79. The van der Waals surface area contributed by atoms with E-state index < -0.39 is 0 Å². The Morgan fingerprint density at radius 3 is 2.29 bits per heavy atom. The second-order valence-electron chi connectivity index (χ2n) is 7.69. The van der Waals surface area contributed by atoms with Gasteiger partial charge in [0.25, 0.3) is 5.91 Å². The fourth-order valence-corrected chi connectivity index (χ4v) is 3.84. The predicted molar refractivity (Wildman–Crippen MR) is 118 cm³/mol. The van der Waals surface area contributed by atoms with Gasteiger partial charge in [-0.3, -0.25) is 9.69 Å². The maximum Gasteiger partial charge on any atom is 0.251 e. The van der Waals surface area contributed by atoms with Gasteiger partial charge in [-0.1, -0.05) is 42.5 Å². The van der Waals surface area contributed by atoms with Crippen LogP contribution in [0, 0.1) is 11.6 Å². The van der Waals surface area contributed by atoms with Crippen molar-refractivity contribution in [2.24, 2.45) is 0 Å². The van der Waals surface area contributed by atoms with Crippen LogP contribution in [0.3, 0.4) is 0 Å². The quantitative estimate of drug-likeness (QED) is 0.648. The van der Waals surface area contributed by atoms with Crippen molar-refractivity contribution < 1.29 is 13.6 Å². The number of nitrogens with one attached hydrogen (secondary N) is 1. The molecular formula is C25H25F2N3O. The second kappa shape index (κ2) is 9.71. The van der Waals surface area contributed by atoms with Crippen LogP contribution in [-0.2, 0) is 13.1 Å². The van der Waals surface area contributed by atoms with Crippen LogP contribution in [0.4, 0.5) is 14.5 Å². The summed E-state index contributed by atoms with van der Waals surface area (Å²) in [6.45, 7) is 4.01. The molecule has 0 bridgehead atoms. The first-order valence-electron chi connectivity index (χ1n) is 10.4. The Hall–Kier alpha value is -3.25. The molecule has 0 aliphatic carbocycles. The van der Waals surface area contributed by atoms with Crippen molar-refractivity contribution in [1.82, 2.24) is 10.2 Å². The molecule has 0 atom stereocenters. The number of anilines is 1. The Morgan fingerprint density at radius 1 is 0.839 bits per heavy atom. The van der Waals surface area contributed by atoms with E-state index in [-0.39, 0.29) is 24.1 Å². The van der Waals surface area contributed by atoms with Crippen molar-refractivity contribution in [3.8, 4) is 0 Å². The number of piperazine rings is 1. The maximum absolute atomic E-state index is 14.0. The maximum atomic E-state index is 14.0. The number of para-hydroxylation sites is 1. The van der Waals surface area contributed by atoms with Gasteiger partial charge in [0.15, 0.2) is 0 Å². The molecule has 3 aromatic carbocycles. The number of hydrogen-bond acceptors (Lipinski definition) is 3. The number of carbonyl (C=O) groups excluding carboxylic acids is 1. The van der Waals surface area contributed by atoms with Gasteiger partial charge >= 0.3 is 0 Å². The SMILES string of the molecule is O=C(NCc1ccccc1F)c1cccc(CN2CCN(c3ccccc3F)CC2)c1. The lowest BCUT2D eigenvalue weighted by atomic mass is 10.1. The molecular weight excluding hydrogens is 396 g/mol. The van der Waals surface area contributed by atoms with Crippen molar-refractivity contribution >= 4 is 11.6 Å². The number of benzene rings is 3. The third-order valence-electron chi connectivity index (χ3n) is 5.56. The Balaban J connectivity index is 1.32. The molecule has 1 saturated heterocycles. The van der Waals surface area contributed by atoms with Gasteiger partial charge < -0.3 is 10.2 Å². The van der Waals surface area contributed by atoms with E-state index in [1.807, 2.05) is 30.3 Å². The summed E-state index contributed by atoms with van der Waals surface area (Å²) in [4.78, 5) is 16.9. The van der Waals surface area contributed by atoms with Crippen LogP contribution in [0.25, 0.3) is 0 Å². The van der Waals surface area contributed by atoms with E-state index in [4.69, 9.17) is 0 Å². The van der Waals surface area contributed by atoms with Crippen LogP contribution in [0.5, 0.6) is 0 Å². The summed E-state index contributed by atoms with van der Waals surface area (Å²) in [5.74, 6) is -0.745. The van der Waals surface area contributed by atoms with Gasteiger partial charge in [-0.25, -0.2) is 8.78 Å². The van der Waals surface area contributed by atoms with Crippen LogP contribution < -0.4 is 10.2 Å². The summed E-state index contributed by atoms with van der Waals surface area (Å²) in [6, 6.07) is 20.8. The van der Waals surface area contributed by atoms with Gasteiger partial charge in [-0.05, 0) is 35.9 Å². The highest BCUT2D eigenvalue weighted by Gasteiger charge is 2.19. The van der Waals surface area contributed by atoms with Crippen molar-refractivity contribution in [2.75, 3.05) is 31.1 Å². The molecule has 0 unspecified atom stereocenters. The Bertz CT molecular complexity index is 1050. The van der Waals surface area contributed by atoms with Crippen molar-refractivity contribution in [3.05, 3.63) is 101 Å². The number of carbonyl (C=O) groups is 1. The molecule has 1 aliphatic heterocycles. The summed E-state index contributed by atoms with van der Waals surface area (Å²) >= 11 is 0. The molecule has 0 spiro atoms. The van der Waals surface area contributed by atoms with Crippen LogP contribution in [0.15, 0.2) is 72.8 Å². The summed E-state index contributed by atoms with van der Waals surface area (Å²) < 4.78 is 27.8. The molecule has 1 fully saturated rings. The first-order valence-corrected chi connectivity index (χ1v) is 10.4. The lowest BCUT2D eigenvalue weighted by molar-refractivity contribution is 0.0950. The molecule has 4 rings (SSSR count). The normalized spacial score (nSPS) is 14.5. The van der Waals surface area contributed by atoms with E-state index in [0.29, 0.717) is 16.8 Å². The van der Waals surface area contributed by atoms with E-state index in [0.717, 1.165) is 38.3 Å². The molecule has 1 heterocycles. The first-order chi connectivity index (χ1) is 15.1. The van der Waals surface area contributed by atoms with Crippen molar-refractivity contribution in [3.63, 3.8) is 0 Å². The molecule has 160 valence electrons. The summed E-state index contributed by atoms with van der Waals surface area (Å²) in [5, 5.41) is 2.78. The predicted octanol–water partition coefficient (Wildman–Crippen LogP) is 4.22. The summed E-state index contributed by atoms with van der Waals surface area (Å²) in [7, 11) is 0. The Labute approximate surface area is 181 Å². The molecule has 0 radical (unpaired) electrons. The zero-order valence-electron chi connectivity index (χ0n) is 17.2. The molecule has 0 saturated carbocycles. The minimum absolute atomic E-state index is 0.147. The third kappa shape index (κ3) is 5.27. The first kappa shape index (κ1) is 21.0. The molecule has 6 heteroatoms. The molecule has 3 aromatic rings. The lowest BCUT2D eigenvalue weighted by Gasteiger charge is -2.36. The van der Waals surface area contributed by atoms with Gasteiger partial charge in [0.05, 0.1) is 5.69 Å². The van der Waals surface area contributed by atoms with Crippen LogP contribution in [0.2, 0.25) is 0 Å². The highest BCUT2D eigenvalue weighted by molar-refractivity contribution is 5.94. The second-order valence-corrected chi connectivity index (χ2v) is 7.69. The zero-order valence-corrected chi connectivity index (χ0v) is 17.2. The zero-order chi connectivity index (χ0) is 21.6. The minimum atomic E-state index is -0.328. The fraction of sp³-hybridized carbons (Fsp3) is 0.240. The van der Waals surface area contributed by atoms with Gasteiger partial charge in [-0.15, -0.1) is 0 Å². The monoisotopic (exact) mass is 421 g/mol. The van der Waals surface area contributed by atoms with Gasteiger partial charge in [0, 0.05) is 50.4 Å². The molecule has 0 aromatic heterocycles. The van der Waals surface area contributed by atoms with Crippen LogP contribution >= 0.6 is 0 Å². The van der Waals surface area contributed by atoms with Crippen LogP contribution in [-0.4, -0.2) is 37.0 Å². The highest BCUT2D eigenvalue weighted by Crippen LogP contribution is 2.21. The van der Waals surface area contributed by atoms with Crippen molar-refractivity contribution in [1.29, 1.82) is 0 Å². The molecule has 4 nitrogen and oxygen atoms in total. The fourth-order valence-electron chi connectivity index (χ4n) is 3.84. The number of hydrogen-bond donors (Lipinski definition) is 1. The molecule has 31 heavy (non-hydrogen) atoms. The van der Waals surface area contributed by atoms with Gasteiger partial charge in [0.2, 0.25) is 0 Å². The highest BCUT2D eigenvalue weighted by atomic mass is 19.1. The lowest BCUT2D eigenvalue weighted by Crippen LogP contribution is -2.46. The Morgan fingerprint density at radius 2 is 1.55 bits per heavy atom. The van der Waals surface area contributed by atoms with Gasteiger partial charge in [-0.2, -0.15) is 0 Å². The van der Waals surface area contributed by atoms with E-state index in [1.54, 1.807) is 30.3 Å². The van der Waals surface area contributed by atoms with E-state index in [2.05, 4.69) is 15.1 Å². The topological polar surface area (TPSA) is 35.6 Å². The summed E-state index contributed by atoms with van der Waals surface area (Å²) in [6.07, 6.45) is 0. The Kier molecular flexibility index (Phi) is 6.57. The smallest absolute Gasteiger partial charge is 0.251 e. The summed E-state index contributed by atoms with van der Waals surface area (Å²) in [5.41, 5.74) is 2.70. The number of rotatable bonds is 6. The number of nitrogens with zero attached hydrogens (tertiary/aromatic N) is 2. The van der Waals surface area contributed by atoms with E-state index in [9.17, 15) is 13.6 Å².